The van der Waals surface area contributed by atoms with Crippen LogP contribution in [0.15, 0.2) is 6.08 Å². The van der Waals surface area contributed by atoms with E-state index in [4.69, 9.17) is 5.11 Å². The Morgan fingerprint density at radius 1 is 1.65 bits per heavy atom. The molecule has 0 spiro atoms. The lowest BCUT2D eigenvalue weighted by Gasteiger charge is -1.92. The molecule has 92 valence electrons. The van der Waals surface area contributed by atoms with Gasteiger partial charge in [0, 0.05) is 17.7 Å². The van der Waals surface area contributed by atoms with Crippen LogP contribution in [0, 0.1) is 0 Å². The highest BCUT2D eigenvalue weighted by molar-refractivity contribution is 7.98. The Morgan fingerprint density at radius 3 is 3.00 bits per heavy atom. The number of thioether (sulfide) groups is 1. The lowest BCUT2D eigenvalue weighted by atomic mass is 10.2. The lowest BCUT2D eigenvalue weighted by Crippen LogP contribution is -1.87. The van der Waals surface area contributed by atoms with Gasteiger partial charge in [0.1, 0.15) is 5.01 Å². The molecule has 1 aromatic heterocycles. The maximum Gasteiger partial charge on any atom is 0.328 e. The summed E-state index contributed by atoms with van der Waals surface area (Å²) in [5, 5.41) is 9.78. The van der Waals surface area contributed by atoms with E-state index in [-0.39, 0.29) is 0 Å². The van der Waals surface area contributed by atoms with Gasteiger partial charge in [-0.05, 0) is 24.7 Å². The van der Waals surface area contributed by atoms with E-state index in [0.29, 0.717) is 5.92 Å². The van der Waals surface area contributed by atoms with E-state index < -0.39 is 5.97 Å². The van der Waals surface area contributed by atoms with Gasteiger partial charge >= 0.3 is 5.97 Å². The summed E-state index contributed by atoms with van der Waals surface area (Å²) in [5.74, 6) is 1.69. The van der Waals surface area contributed by atoms with Crippen LogP contribution < -0.4 is 0 Å². The van der Waals surface area contributed by atoms with Crippen molar-refractivity contribution >= 4 is 35.1 Å². The van der Waals surface area contributed by atoms with Crippen molar-refractivity contribution in [1.82, 2.24) is 4.98 Å². The molecule has 5 heteroatoms. The van der Waals surface area contributed by atoms with Crippen LogP contribution in [-0.2, 0) is 10.5 Å². The zero-order chi connectivity index (χ0) is 12.3. The molecular formula is C12H15NO2S2. The topological polar surface area (TPSA) is 50.2 Å². The Kier molecular flexibility index (Phi) is 4.23. The summed E-state index contributed by atoms with van der Waals surface area (Å²) >= 11 is 3.47. The van der Waals surface area contributed by atoms with Gasteiger partial charge < -0.3 is 5.11 Å². The first-order valence-corrected chi connectivity index (χ1v) is 7.66. The van der Waals surface area contributed by atoms with Crippen LogP contribution in [0.5, 0.6) is 0 Å². The van der Waals surface area contributed by atoms with Crippen LogP contribution in [-0.4, -0.2) is 21.8 Å². The normalized spacial score (nSPS) is 15.6. The van der Waals surface area contributed by atoms with Crippen LogP contribution in [0.25, 0.3) is 6.08 Å². The van der Waals surface area contributed by atoms with Crippen molar-refractivity contribution in [2.75, 3.05) is 5.75 Å². The van der Waals surface area contributed by atoms with Crippen LogP contribution in [0.3, 0.4) is 0 Å². The third-order valence-corrected chi connectivity index (χ3v) is 4.60. The number of rotatable bonds is 6. The van der Waals surface area contributed by atoms with Crippen molar-refractivity contribution in [2.24, 2.45) is 0 Å². The Hall–Kier alpha value is -0.810. The molecule has 1 fully saturated rings. The second-order valence-electron chi connectivity index (χ2n) is 3.94. The van der Waals surface area contributed by atoms with E-state index in [1.807, 2.05) is 11.8 Å². The molecule has 0 amide bonds. The van der Waals surface area contributed by atoms with Gasteiger partial charge in [0.2, 0.25) is 0 Å². The zero-order valence-corrected chi connectivity index (χ0v) is 11.3. The van der Waals surface area contributed by atoms with E-state index in [1.54, 1.807) is 17.4 Å². The number of hydrogen-bond acceptors (Lipinski definition) is 4. The van der Waals surface area contributed by atoms with E-state index in [1.165, 1.54) is 18.9 Å². The first-order chi connectivity index (χ1) is 8.20. The number of carbonyl (C=O) groups is 1. The van der Waals surface area contributed by atoms with Gasteiger partial charge in [-0.15, -0.1) is 11.3 Å². The van der Waals surface area contributed by atoms with Crippen molar-refractivity contribution in [2.45, 2.75) is 31.4 Å². The molecule has 0 atom stereocenters. The Bertz CT molecular complexity index is 436. The fraction of sp³-hybridized carbons (Fsp3) is 0.500. The first kappa shape index (κ1) is 12.6. The highest BCUT2D eigenvalue weighted by atomic mass is 32.2. The van der Waals surface area contributed by atoms with Gasteiger partial charge in [-0.25, -0.2) is 9.78 Å². The Morgan fingerprint density at radius 2 is 2.41 bits per heavy atom. The smallest absolute Gasteiger partial charge is 0.328 e. The summed E-state index contributed by atoms with van der Waals surface area (Å²) < 4.78 is 0. The fourth-order valence-electron chi connectivity index (χ4n) is 1.56. The van der Waals surface area contributed by atoms with Crippen molar-refractivity contribution in [3.05, 3.63) is 21.7 Å². The number of carboxylic acid groups (broad SMARTS) is 1. The van der Waals surface area contributed by atoms with Gasteiger partial charge in [-0.1, -0.05) is 6.92 Å². The molecule has 1 aliphatic rings. The summed E-state index contributed by atoms with van der Waals surface area (Å²) in [6, 6.07) is 0. The molecule has 1 N–H and O–H groups in total. The highest BCUT2D eigenvalue weighted by Gasteiger charge is 2.28. The third kappa shape index (κ3) is 3.57. The molecule has 2 rings (SSSR count). The van der Waals surface area contributed by atoms with Crippen molar-refractivity contribution < 1.29 is 9.90 Å². The summed E-state index contributed by atoms with van der Waals surface area (Å²) in [6.45, 7) is 2.13. The number of aliphatic carboxylic acids is 1. The third-order valence-electron chi connectivity index (χ3n) is 2.50. The molecule has 3 nitrogen and oxygen atoms in total. The van der Waals surface area contributed by atoms with Crippen molar-refractivity contribution in [3.63, 3.8) is 0 Å². The summed E-state index contributed by atoms with van der Waals surface area (Å²) in [4.78, 5) is 16.2. The minimum atomic E-state index is -0.898. The lowest BCUT2D eigenvalue weighted by molar-refractivity contribution is -0.131. The average Bonchev–Trinajstić information content (AvgIpc) is 3.05. The summed E-state index contributed by atoms with van der Waals surface area (Å²) in [7, 11) is 0. The monoisotopic (exact) mass is 269 g/mol. The maximum atomic E-state index is 10.5. The molecule has 1 aromatic rings. The fourth-order valence-corrected chi connectivity index (χ4v) is 3.34. The van der Waals surface area contributed by atoms with Crippen molar-refractivity contribution in [3.8, 4) is 0 Å². The van der Waals surface area contributed by atoms with E-state index in [9.17, 15) is 4.79 Å². The maximum absolute atomic E-state index is 10.5. The van der Waals surface area contributed by atoms with Crippen LogP contribution >= 0.6 is 23.1 Å². The average molecular weight is 269 g/mol. The molecule has 0 radical (unpaired) electrons. The zero-order valence-electron chi connectivity index (χ0n) is 9.68. The molecule has 1 aliphatic carbocycles. The largest absolute Gasteiger partial charge is 0.478 e. The molecule has 1 heterocycles. The van der Waals surface area contributed by atoms with E-state index >= 15 is 0 Å². The van der Waals surface area contributed by atoms with Gasteiger partial charge in [-0.2, -0.15) is 11.8 Å². The van der Waals surface area contributed by atoms with Crippen LogP contribution in [0.4, 0.5) is 0 Å². The molecule has 0 aliphatic heterocycles. The number of nitrogens with zero attached hydrogens (tertiary/aromatic N) is 1. The molecule has 17 heavy (non-hydrogen) atoms. The second kappa shape index (κ2) is 5.69. The predicted octanol–water partition coefficient (Wildman–Crippen LogP) is 3.37. The van der Waals surface area contributed by atoms with E-state index in [2.05, 4.69) is 11.9 Å². The number of carboxylic acids is 1. The van der Waals surface area contributed by atoms with Gasteiger partial charge in [0.15, 0.2) is 0 Å². The van der Waals surface area contributed by atoms with E-state index in [0.717, 1.165) is 27.1 Å². The van der Waals surface area contributed by atoms with Crippen LogP contribution in [0.1, 0.15) is 41.3 Å². The molecule has 0 saturated heterocycles. The quantitative estimate of drug-likeness (QED) is 0.804. The number of aromatic nitrogens is 1. The summed E-state index contributed by atoms with van der Waals surface area (Å²) in [5.41, 5.74) is 1.11. The standard InChI is InChI=1S/C12H15NO2S2/c1-2-16-7-10-13-12(8-3-4-8)9(17-10)5-6-11(14)15/h5-6,8H,2-4,7H2,1H3,(H,14,15)/b6-5+. The minimum Gasteiger partial charge on any atom is -0.478 e. The summed E-state index contributed by atoms with van der Waals surface area (Å²) in [6.07, 6.45) is 5.28. The van der Waals surface area contributed by atoms with Crippen LogP contribution in [0.2, 0.25) is 0 Å². The first-order valence-electron chi connectivity index (χ1n) is 5.69. The molecule has 1 saturated carbocycles. The number of hydrogen-bond donors (Lipinski definition) is 1. The van der Waals surface area contributed by atoms with Gasteiger partial charge in [-0.3, -0.25) is 0 Å². The Labute approximate surface area is 109 Å². The molecule has 0 aromatic carbocycles. The Balaban J connectivity index is 2.16. The second-order valence-corrected chi connectivity index (χ2v) is 6.33. The molecular weight excluding hydrogens is 254 g/mol. The van der Waals surface area contributed by atoms with Gasteiger partial charge in [0.05, 0.1) is 10.6 Å². The number of thiazole rings is 1. The van der Waals surface area contributed by atoms with Gasteiger partial charge in [0.25, 0.3) is 0 Å². The minimum absolute atomic E-state index is 0.570. The molecule has 0 unspecified atom stereocenters. The highest BCUT2D eigenvalue weighted by Crippen LogP contribution is 2.43. The SMILES string of the molecule is CCSCc1nc(C2CC2)c(/C=C/C(=O)O)s1. The molecule has 0 bridgehead atoms. The van der Waals surface area contributed by atoms with Crippen molar-refractivity contribution in [1.29, 1.82) is 0 Å². The predicted molar refractivity (Wildman–Crippen MR) is 72.6 cm³/mol.